The molecule has 0 spiro atoms. The maximum Gasteiger partial charge on any atom is 0.103 e. The average Bonchev–Trinajstić information content (AvgIpc) is 2.85. The summed E-state index contributed by atoms with van der Waals surface area (Å²) in [7, 11) is 0. The molecule has 2 rings (SSSR count). The van der Waals surface area contributed by atoms with Gasteiger partial charge < -0.3 is 5.32 Å². The molecule has 1 aromatic rings. The lowest BCUT2D eigenvalue weighted by Gasteiger charge is -2.04. The monoisotopic (exact) mass is 228 g/mol. The largest absolute Gasteiger partial charge is 0.309 e. The smallest absolute Gasteiger partial charge is 0.103 e. The van der Waals surface area contributed by atoms with Crippen LogP contribution in [0.5, 0.6) is 0 Å². The molecule has 1 saturated heterocycles. The normalized spacial score (nSPS) is 21.6. The van der Waals surface area contributed by atoms with Gasteiger partial charge >= 0.3 is 0 Å². The summed E-state index contributed by atoms with van der Waals surface area (Å²) < 4.78 is 0. The highest BCUT2D eigenvalue weighted by Crippen LogP contribution is 2.25. The van der Waals surface area contributed by atoms with E-state index < -0.39 is 0 Å². The first-order chi connectivity index (χ1) is 6.90. The standard InChI is InChI=1S/C10H16N2S2/c1-2-13-7-10-12-9(6-14-10)8-4-3-5-11-8/h6,8,11H,2-5,7H2,1H3. The van der Waals surface area contributed by atoms with Crippen molar-refractivity contribution in [2.75, 3.05) is 12.3 Å². The predicted molar refractivity (Wildman–Crippen MR) is 63.9 cm³/mol. The third-order valence-corrected chi connectivity index (χ3v) is 4.35. The van der Waals surface area contributed by atoms with Crippen LogP contribution >= 0.6 is 23.1 Å². The van der Waals surface area contributed by atoms with Gasteiger partial charge in [0.25, 0.3) is 0 Å². The van der Waals surface area contributed by atoms with E-state index in [2.05, 4.69) is 22.6 Å². The van der Waals surface area contributed by atoms with Crippen LogP contribution in [0.1, 0.15) is 36.5 Å². The Labute approximate surface area is 93.5 Å². The Balaban J connectivity index is 1.94. The van der Waals surface area contributed by atoms with Gasteiger partial charge in [-0.05, 0) is 25.1 Å². The summed E-state index contributed by atoms with van der Waals surface area (Å²) in [5.74, 6) is 2.25. The molecule has 1 aromatic heterocycles. The van der Waals surface area contributed by atoms with E-state index in [0.29, 0.717) is 6.04 Å². The van der Waals surface area contributed by atoms with Crippen LogP contribution in [-0.4, -0.2) is 17.3 Å². The number of thioether (sulfide) groups is 1. The number of aromatic nitrogens is 1. The van der Waals surface area contributed by atoms with Crippen LogP contribution in [0.4, 0.5) is 0 Å². The Morgan fingerprint density at radius 1 is 1.71 bits per heavy atom. The van der Waals surface area contributed by atoms with E-state index >= 15 is 0 Å². The second-order valence-corrected chi connectivity index (χ2v) is 5.67. The van der Waals surface area contributed by atoms with Gasteiger partial charge in [0.05, 0.1) is 11.7 Å². The molecule has 14 heavy (non-hydrogen) atoms. The number of thiazole rings is 1. The summed E-state index contributed by atoms with van der Waals surface area (Å²) in [5, 5.41) is 6.97. The van der Waals surface area contributed by atoms with Crippen molar-refractivity contribution in [3.05, 3.63) is 16.1 Å². The van der Waals surface area contributed by atoms with Gasteiger partial charge in [0, 0.05) is 11.1 Å². The Bertz CT molecular complexity index is 279. The zero-order valence-electron chi connectivity index (χ0n) is 8.45. The van der Waals surface area contributed by atoms with Crippen LogP contribution in [0.15, 0.2) is 5.38 Å². The Kier molecular flexibility index (Phi) is 3.84. The van der Waals surface area contributed by atoms with Gasteiger partial charge in [-0.1, -0.05) is 6.92 Å². The minimum atomic E-state index is 0.534. The van der Waals surface area contributed by atoms with Gasteiger partial charge in [-0.25, -0.2) is 4.98 Å². The minimum absolute atomic E-state index is 0.534. The molecular formula is C10H16N2S2. The summed E-state index contributed by atoms with van der Waals surface area (Å²) >= 11 is 3.75. The van der Waals surface area contributed by atoms with Crippen molar-refractivity contribution in [2.24, 2.45) is 0 Å². The van der Waals surface area contributed by atoms with Crippen molar-refractivity contribution in [3.8, 4) is 0 Å². The van der Waals surface area contributed by atoms with E-state index in [4.69, 9.17) is 0 Å². The number of rotatable bonds is 4. The van der Waals surface area contributed by atoms with Crippen molar-refractivity contribution in [1.29, 1.82) is 0 Å². The third-order valence-electron chi connectivity index (χ3n) is 2.42. The van der Waals surface area contributed by atoms with Gasteiger partial charge in [-0.15, -0.1) is 11.3 Å². The summed E-state index contributed by atoms with van der Waals surface area (Å²) in [4.78, 5) is 4.66. The molecule has 1 fully saturated rings. The van der Waals surface area contributed by atoms with E-state index in [1.54, 1.807) is 11.3 Å². The van der Waals surface area contributed by atoms with Crippen LogP contribution in [-0.2, 0) is 5.75 Å². The summed E-state index contributed by atoms with van der Waals surface area (Å²) in [6.45, 7) is 3.35. The second kappa shape index (κ2) is 5.14. The molecule has 1 aliphatic rings. The minimum Gasteiger partial charge on any atom is -0.309 e. The molecule has 0 radical (unpaired) electrons. The Hall–Kier alpha value is -0.0600. The van der Waals surface area contributed by atoms with E-state index in [1.165, 1.54) is 29.3 Å². The van der Waals surface area contributed by atoms with Crippen LogP contribution in [0.25, 0.3) is 0 Å². The van der Waals surface area contributed by atoms with Gasteiger partial charge in [0.15, 0.2) is 0 Å². The molecule has 0 aromatic carbocycles. The number of nitrogens with zero attached hydrogens (tertiary/aromatic N) is 1. The fourth-order valence-electron chi connectivity index (χ4n) is 1.68. The number of nitrogens with one attached hydrogen (secondary N) is 1. The Morgan fingerprint density at radius 2 is 2.64 bits per heavy atom. The molecule has 78 valence electrons. The van der Waals surface area contributed by atoms with Gasteiger partial charge in [-0.3, -0.25) is 0 Å². The zero-order valence-corrected chi connectivity index (χ0v) is 10.1. The van der Waals surface area contributed by atoms with Gasteiger partial charge in [0.1, 0.15) is 5.01 Å². The highest BCUT2D eigenvalue weighted by atomic mass is 32.2. The van der Waals surface area contributed by atoms with Gasteiger partial charge in [0.2, 0.25) is 0 Å². The lowest BCUT2D eigenvalue weighted by atomic mass is 10.2. The topological polar surface area (TPSA) is 24.9 Å². The van der Waals surface area contributed by atoms with E-state index in [-0.39, 0.29) is 0 Å². The SMILES string of the molecule is CCSCc1nc(C2CCCN2)cs1. The Morgan fingerprint density at radius 3 is 3.36 bits per heavy atom. The molecule has 0 bridgehead atoms. The summed E-state index contributed by atoms with van der Waals surface area (Å²) in [6.07, 6.45) is 2.55. The fourth-order valence-corrected chi connectivity index (χ4v) is 3.28. The zero-order chi connectivity index (χ0) is 9.80. The summed E-state index contributed by atoms with van der Waals surface area (Å²) in [6, 6.07) is 0.534. The number of hydrogen-bond acceptors (Lipinski definition) is 4. The molecule has 4 heteroatoms. The molecule has 1 atom stereocenters. The molecular weight excluding hydrogens is 212 g/mol. The quantitative estimate of drug-likeness (QED) is 0.858. The third kappa shape index (κ3) is 2.49. The first-order valence-electron chi connectivity index (χ1n) is 5.15. The van der Waals surface area contributed by atoms with Crippen LogP contribution in [0, 0.1) is 0 Å². The predicted octanol–water partition coefficient (Wildman–Crippen LogP) is 2.82. The molecule has 0 aliphatic carbocycles. The summed E-state index contributed by atoms with van der Waals surface area (Å²) in [5.41, 5.74) is 1.26. The second-order valence-electron chi connectivity index (χ2n) is 3.45. The lowest BCUT2D eigenvalue weighted by Crippen LogP contribution is -2.13. The lowest BCUT2D eigenvalue weighted by molar-refractivity contribution is 0.630. The van der Waals surface area contributed by atoms with Crippen molar-refractivity contribution in [3.63, 3.8) is 0 Å². The number of hydrogen-bond donors (Lipinski definition) is 1. The first kappa shape index (κ1) is 10.5. The van der Waals surface area contributed by atoms with Crippen molar-refractivity contribution in [2.45, 2.75) is 31.6 Å². The molecule has 2 heterocycles. The molecule has 0 saturated carbocycles. The van der Waals surface area contributed by atoms with Crippen molar-refractivity contribution < 1.29 is 0 Å². The average molecular weight is 228 g/mol. The molecule has 1 unspecified atom stereocenters. The van der Waals surface area contributed by atoms with Crippen LogP contribution in [0.3, 0.4) is 0 Å². The fraction of sp³-hybridized carbons (Fsp3) is 0.700. The highest BCUT2D eigenvalue weighted by molar-refractivity contribution is 7.98. The first-order valence-corrected chi connectivity index (χ1v) is 7.19. The molecule has 1 aliphatic heterocycles. The van der Waals surface area contributed by atoms with Crippen LogP contribution in [0.2, 0.25) is 0 Å². The van der Waals surface area contributed by atoms with Crippen LogP contribution < -0.4 is 5.32 Å². The van der Waals surface area contributed by atoms with E-state index in [0.717, 1.165) is 12.3 Å². The molecule has 0 amide bonds. The van der Waals surface area contributed by atoms with Crippen molar-refractivity contribution in [1.82, 2.24) is 10.3 Å². The maximum absolute atomic E-state index is 4.66. The maximum atomic E-state index is 4.66. The molecule has 2 nitrogen and oxygen atoms in total. The highest BCUT2D eigenvalue weighted by Gasteiger charge is 2.18. The van der Waals surface area contributed by atoms with E-state index in [1.807, 2.05) is 11.8 Å². The van der Waals surface area contributed by atoms with E-state index in [9.17, 15) is 0 Å². The van der Waals surface area contributed by atoms with Gasteiger partial charge in [-0.2, -0.15) is 11.8 Å². The van der Waals surface area contributed by atoms with Crippen molar-refractivity contribution >= 4 is 23.1 Å². The molecule has 1 N–H and O–H groups in total.